The molecule has 1 aromatic carbocycles. The molecule has 3 nitrogen and oxygen atoms in total. The molecular weight excluding hydrogens is 202 g/mol. The second-order valence-electron chi connectivity index (χ2n) is 4.35. The maximum atomic E-state index is 9.09. The molecule has 1 aliphatic carbocycles. The number of ether oxygens (including phenoxy) is 1. The first kappa shape index (κ1) is 11.4. The zero-order valence-corrected chi connectivity index (χ0v) is 9.43. The van der Waals surface area contributed by atoms with Gasteiger partial charge >= 0.3 is 0 Å². The van der Waals surface area contributed by atoms with Crippen LogP contribution < -0.4 is 10.5 Å². The van der Waals surface area contributed by atoms with Crippen molar-refractivity contribution in [2.45, 2.75) is 37.8 Å². The minimum absolute atomic E-state index is 0.0506. The van der Waals surface area contributed by atoms with E-state index in [-0.39, 0.29) is 12.6 Å². The van der Waals surface area contributed by atoms with Gasteiger partial charge in [-0.2, -0.15) is 0 Å². The quantitative estimate of drug-likeness (QED) is 0.817. The van der Waals surface area contributed by atoms with E-state index >= 15 is 0 Å². The van der Waals surface area contributed by atoms with Gasteiger partial charge in [0.05, 0.1) is 18.8 Å². The van der Waals surface area contributed by atoms with Crippen molar-refractivity contribution in [2.24, 2.45) is 5.73 Å². The Hall–Kier alpha value is -1.06. The average molecular weight is 221 g/mol. The summed E-state index contributed by atoms with van der Waals surface area (Å²) in [6.45, 7) is -0.0506. The summed E-state index contributed by atoms with van der Waals surface area (Å²) in [5, 5.41) is 9.09. The molecule has 1 atom stereocenters. The minimum atomic E-state index is -0.349. The molecule has 0 amide bonds. The monoisotopic (exact) mass is 221 g/mol. The van der Waals surface area contributed by atoms with Gasteiger partial charge in [-0.25, -0.2) is 0 Å². The van der Waals surface area contributed by atoms with E-state index in [1.54, 1.807) is 0 Å². The number of para-hydroxylation sites is 1. The van der Waals surface area contributed by atoms with Gasteiger partial charge in [-0.15, -0.1) is 0 Å². The zero-order valence-electron chi connectivity index (χ0n) is 9.43. The van der Waals surface area contributed by atoms with Gasteiger partial charge in [0.2, 0.25) is 0 Å². The van der Waals surface area contributed by atoms with Gasteiger partial charge in [-0.1, -0.05) is 18.2 Å². The molecule has 0 saturated heterocycles. The number of nitrogens with two attached hydrogens (primary N) is 1. The largest absolute Gasteiger partial charge is 0.490 e. The van der Waals surface area contributed by atoms with E-state index in [4.69, 9.17) is 15.6 Å². The number of aliphatic hydroxyl groups excluding tert-OH is 1. The van der Waals surface area contributed by atoms with Crippen molar-refractivity contribution in [3.63, 3.8) is 0 Å². The Morgan fingerprint density at radius 1 is 1.31 bits per heavy atom. The highest BCUT2D eigenvalue weighted by atomic mass is 16.5. The Morgan fingerprint density at radius 3 is 2.69 bits per heavy atom. The topological polar surface area (TPSA) is 55.5 Å². The van der Waals surface area contributed by atoms with Crippen LogP contribution in [0.3, 0.4) is 0 Å². The molecule has 0 bridgehead atoms. The van der Waals surface area contributed by atoms with Gasteiger partial charge in [0.1, 0.15) is 5.75 Å². The lowest BCUT2D eigenvalue weighted by molar-refractivity contribution is 0.202. The first-order chi connectivity index (χ1) is 7.81. The zero-order chi connectivity index (χ0) is 11.4. The van der Waals surface area contributed by atoms with E-state index in [0.29, 0.717) is 6.10 Å². The molecule has 0 unspecified atom stereocenters. The Balaban J connectivity index is 2.12. The number of hydrogen-bond donors (Lipinski definition) is 2. The highest BCUT2D eigenvalue weighted by molar-refractivity contribution is 5.36. The third-order valence-corrected chi connectivity index (χ3v) is 3.11. The van der Waals surface area contributed by atoms with Crippen LogP contribution in [0.2, 0.25) is 0 Å². The molecule has 16 heavy (non-hydrogen) atoms. The van der Waals surface area contributed by atoms with Gasteiger partial charge in [-0.05, 0) is 31.7 Å². The van der Waals surface area contributed by atoms with Crippen molar-refractivity contribution >= 4 is 0 Å². The highest BCUT2D eigenvalue weighted by Gasteiger charge is 2.19. The molecule has 2 rings (SSSR count). The average Bonchev–Trinajstić information content (AvgIpc) is 2.82. The molecule has 0 spiro atoms. The van der Waals surface area contributed by atoms with Crippen LogP contribution in [-0.2, 0) is 0 Å². The molecule has 0 heterocycles. The fourth-order valence-corrected chi connectivity index (χ4v) is 2.18. The van der Waals surface area contributed by atoms with Crippen LogP contribution in [0.25, 0.3) is 0 Å². The summed E-state index contributed by atoms with van der Waals surface area (Å²) in [5.74, 6) is 0.830. The molecule has 88 valence electrons. The van der Waals surface area contributed by atoms with E-state index < -0.39 is 0 Å². The van der Waals surface area contributed by atoms with Crippen molar-refractivity contribution in [1.82, 2.24) is 0 Å². The number of rotatable bonds is 4. The molecule has 1 aromatic rings. The third kappa shape index (κ3) is 2.54. The molecule has 1 saturated carbocycles. The lowest BCUT2D eigenvalue weighted by Crippen LogP contribution is -2.18. The van der Waals surface area contributed by atoms with E-state index in [1.807, 2.05) is 24.3 Å². The van der Waals surface area contributed by atoms with E-state index in [0.717, 1.165) is 24.2 Å². The normalized spacial score (nSPS) is 18.6. The lowest BCUT2D eigenvalue weighted by atomic mass is 10.1. The van der Waals surface area contributed by atoms with E-state index in [2.05, 4.69) is 0 Å². The minimum Gasteiger partial charge on any atom is -0.490 e. The van der Waals surface area contributed by atoms with Crippen LogP contribution in [-0.4, -0.2) is 17.8 Å². The van der Waals surface area contributed by atoms with Crippen molar-refractivity contribution in [2.75, 3.05) is 6.61 Å². The second-order valence-corrected chi connectivity index (χ2v) is 4.35. The van der Waals surface area contributed by atoms with Crippen molar-refractivity contribution in [3.8, 4) is 5.75 Å². The summed E-state index contributed by atoms with van der Waals surface area (Å²) in [7, 11) is 0. The summed E-state index contributed by atoms with van der Waals surface area (Å²) in [4.78, 5) is 0. The van der Waals surface area contributed by atoms with Gasteiger partial charge in [-0.3, -0.25) is 0 Å². The number of hydrogen-bond acceptors (Lipinski definition) is 3. The fraction of sp³-hybridized carbons (Fsp3) is 0.538. The SMILES string of the molecule is N[C@@H](CO)c1ccccc1OC1CCCC1. The second kappa shape index (κ2) is 5.32. The molecule has 1 aliphatic rings. The first-order valence-electron chi connectivity index (χ1n) is 5.93. The molecule has 3 N–H and O–H groups in total. The lowest BCUT2D eigenvalue weighted by Gasteiger charge is -2.18. The highest BCUT2D eigenvalue weighted by Crippen LogP contribution is 2.28. The smallest absolute Gasteiger partial charge is 0.124 e. The van der Waals surface area contributed by atoms with Gasteiger partial charge in [0.15, 0.2) is 0 Å². The van der Waals surface area contributed by atoms with Crippen LogP contribution in [0.15, 0.2) is 24.3 Å². The Bertz CT molecular complexity index is 334. The van der Waals surface area contributed by atoms with Crippen molar-refractivity contribution in [3.05, 3.63) is 29.8 Å². The maximum Gasteiger partial charge on any atom is 0.124 e. The first-order valence-corrected chi connectivity index (χ1v) is 5.93. The third-order valence-electron chi connectivity index (χ3n) is 3.11. The summed E-state index contributed by atoms with van der Waals surface area (Å²) in [5.41, 5.74) is 6.74. The number of aliphatic hydroxyl groups is 1. The molecule has 0 aliphatic heterocycles. The Morgan fingerprint density at radius 2 is 2.00 bits per heavy atom. The fourth-order valence-electron chi connectivity index (χ4n) is 2.18. The Kier molecular flexibility index (Phi) is 3.80. The maximum absolute atomic E-state index is 9.09. The van der Waals surface area contributed by atoms with E-state index in [1.165, 1.54) is 12.8 Å². The predicted molar refractivity (Wildman–Crippen MR) is 63.3 cm³/mol. The summed E-state index contributed by atoms with van der Waals surface area (Å²) < 4.78 is 5.94. The van der Waals surface area contributed by atoms with Crippen molar-refractivity contribution in [1.29, 1.82) is 0 Å². The van der Waals surface area contributed by atoms with Crippen LogP contribution in [0, 0.1) is 0 Å². The van der Waals surface area contributed by atoms with Crippen LogP contribution in [0.1, 0.15) is 37.3 Å². The summed E-state index contributed by atoms with van der Waals surface area (Å²) in [6, 6.07) is 7.37. The van der Waals surface area contributed by atoms with Crippen LogP contribution >= 0.6 is 0 Å². The van der Waals surface area contributed by atoms with Gasteiger partial charge in [0.25, 0.3) is 0 Å². The summed E-state index contributed by atoms with van der Waals surface area (Å²) >= 11 is 0. The van der Waals surface area contributed by atoms with Gasteiger partial charge < -0.3 is 15.6 Å². The molecule has 3 heteroatoms. The molecular formula is C13H19NO2. The molecule has 0 aromatic heterocycles. The standard InChI is InChI=1S/C13H19NO2/c14-12(9-15)11-7-3-4-8-13(11)16-10-5-1-2-6-10/h3-4,7-8,10,12,15H,1-2,5-6,9,14H2/t12-/m0/s1. The Labute approximate surface area is 96.2 Å². The molecule has 0 radical (unpaired) electrons. The van der Waals surface area contributed by atoms with Crippen molar-refractivity contribution < 1.29 is 9.84 Å². The van der Waals surface area contributed by atoms with Crippen LogP contribution in [0.4, 0.5) is 0 Å². The van der Waals surface area contributed by atoms with Gasteiger partial charge in [0, 0.05) is 5.56 Å². The predicted octanol–water partition coefficient (Wildman–Crippen LogP) is 2.00. The van der Waals surface area contributed by atoms with E-state index in [9.17, 15) is 0 Å². The summed E-state index contributed by atoms with van der Waals surface area (Å²) in [6.07, 6.45) is 5.08. The molecule has 1 fully saturated rings. The van der Waals surface area contributed by atoms with Crippen LogP contribution in [0.5, 0.6) is 5.75 Å². The number of benzene rings is 1.